The van der Waals surface area contributed by atoms with E-state index in [2.05, 4.69) is 15.3 Å². The van der Waals surface area contributed by atoms with Crippen LogP contribution in [0.3, 0.4) is 0 Å². The van der Waals surface area contributed by atoms with Gasteiger partial charge in [0, 0.05) is 30.1 Å². The second-order valence-corrected chi connectivity index (χ2v) is 9.53. The lowest BCUT2D eigenvalue weighted by molar-refractivity contribution is 0.194. The van der Waals surface area contributed by atoms with Crippen molar-refractivity contribution in [2.24, 2.45) is 0 Å². The minimum absolute atomic E-state index is 0.103. The van der Waals surface area contributed by atoms with Crippen molar-refractivity contribution in [1.82, 2.24) is 19.3 Å². The van der Waals surface area contributed by atoms with Crippen molar-refractivity contribution in [1.29, 1.82) is 0 Å². The van der Waals surface area contributed by atoms with E-state index in [1.54, 1.807) is 30.3 Å². The molecule has 0 saturated carbocycles. The van der Waals surface area contributed by atoms with E-state index in [0.29, 0.717) is 28.7 Å². The van der Waals surface area contributed by atoms with E-state index in [9.17, 15) is 17.6 Å². The van der Waals surface area contributed by atoms with Crippen LogP contribution >= 0.6 is 0 Å². The van der Waals surface area contributed by atoms with Gasteiger partial charge >= 0.3 is 6.09 Å². The van der Waals surface area contributed by atoms with Crippen LogP contribution < -0.4 is 5.32 Å². The smallest absolute Gasteiger partial charge is 0.404 e. The number of imidazole rings is 1. The second-order valence-electron chi connectivity index (χ2n) is 7.72. The molecular weight excluding hydrogens is 459 g/mol. The highest BCUT2D eigenvalue weighted by atomic mass is 32.2. The summed E-state index contributed by atoms with van der Waals surface area (Å²) in [4.78, 5) is 18.4. The molecule has 1 amide bonds. The monoisotopic (exact) mass is 478 g/mol. The molecule has 34 heavy (non-hydrogen) atoms. The van der Waals surface area contributed by atoms with E-state index >= 15 is 0 Å². The van der Waals surface area contributed by atoms with Crippen molar-refractivity contribution < 1.29 is 22.7 Å². The number of carboxylic acid groups (broad SMARTS) is 1. The van der Waals surface area contributed by atoms with Gasteiger partial charge in [-0.2, -0.15) is 0 Å². The van der Waals surface area contributed by atoms with Crippen LogP contribution in [0.5, 0.6) is 0 Å². The van der Waals surface area contributed by atoms with E-state index < -0.39 is 21.9 Å². The highest BCUT2D eigenvalue weighted by Gasteiger charge is 2.22. The van der Waals surface area contributed by atoms with Crippen LogP contribution in [0.15, 0.2) is 77.8 Å². The van der Waals surface area contributed by atoms with Crippen molar-refractivity contribution >= 4 is 38.1 Å². The zero-order valence-corrected chi connectivity index (χ0v) is 18.5. The molecule has 0 saturated heterocycles. The lowest BCUT2D eigenvalue weighted by Gasteiger charge is -2.07. The summed E-state index contributed by atoms with van der Waals surface area (Å²) < 4.78 is 41.9. The number of nitrogens with one attached hydrogen (secondary N) is 2. The molecule has 172 valence electrons. The number of benzene rings is 3. The van der Waals surface area contributed by atoms with Gasteiger partial charge in [-0.1, -0.05) is 24.3 Å². The quantitative estimate of drug-likeness (QED) is 0.335. The molecule has 5 rings (SSSR count). The minimum atomic E-state index is -3.95. The number of nitrogens with zero attached hydrogens (tertiary/aromatic N) is 2. The molecule has 5 aromatic rings. The molecular formula is C24H19FN4O4S. The average molecular weight is 479 g/mol. The van der Waals surface area contributed by atoms with Crippen molar-refractivity contribution in [2.45, 2.75) is 11.3 Å². The fraction of sp³-hybridized carbons (Fsp3) is 0.0833. The average Bonchev–Trinajstić information content (AvgIpc) is 3.40. The molecule has 2 aromatic heterocycles. The van der Waals surface area contributed by atoms with Gasteiger partial charge in [-0.3, -0.25) is 0 Å². The molecule has 0 unspecified atom stereocenters. The summed E-state index contributed by atoms with van der Waals surface area (Å²) in [6, 6.07) is 17.5. The third kappa shape index (κ3) is 3.88. The molecule has 0 bridgehead atoms. The van der Waals surface area contributed by atoms with Gasteiger partial charge in [-0.05, 0) is 48.0 Å². The number of rotatable bonds is 6. The second kappa shape index (κ2) is 8.31. The van der Waals surface area contributed by atoms with Crippen LogP contribution in [0.2, 0.25) is 0 Å². The third-order valence-electron chi connectivity index (χ3n) is 5.51. The summed E-state index contributed by atoms with van der Waals surface area (Å²) in [6.45, 7) is 0.221. The van der Waals surface area contributed by atoms with Gasteiger partial charge in [-0.15, -0.1) is 0 Å². The Labute approximate surface area is 193 Å². The van der Waals surface area contributed by atoms with Crippen LogP contribution in [0.4, 0.5) is 9.18 Å². The number of hydrogen-bond donors (Lipinski definition) is 3. The molecule has 0 atom stereocenters. The van der Waals surface area contributed by atoms with Gasteiger partial charge in [0.25, 0.3) is 10.0 Å². The SMILES string of the molecule is O=C(O)NCCc1nc2ccc(-c3cn(S(=O)(=O)c4ccccc4)c4cc(F)ccc34)cc2[nH]1. The number of hydrogen-bond acceptors (Lipinski definition) is 4. The van der Waals surface area contributed by atoms with E-state index in [1.165, 1.54) is 30.5 Å². The zero-order valence-electron chi connectivity index (χ0n) is 17.7. The van der Waals surface area contributed by atoms with Gasteiger partial charge in [0.15, 0.2) is 0 Å². The molecule has 10 heteroatoms. The number of amides is 1. The summed E-state index contributed by atoms with van der Waals surface area (Å²) in [7, 11) is -3.95. The first-order valence-electron chi connectivity index (χ1n) is 10.4. The van der Waals surface area contributed by atoms with Crippen molar-refractivity contribution in [3.8, 4) is 11.1 Å². The highest BCUT2D eigenvalue weighted by molar-refractivity contribution is 7.90. The molecule has 0 aliphatic carbocycles. The van der Waals surface area contributed by atoms with E-state index in [0.717, 1.165) is 15.1 Å². The Morgan fingerprint density at radius 3 is 2.65 bits per heavy atom. The van der Waals surface area contributed by atoms with Crippen LogP contribution in [-0.2, 0) is 16.4 Å². The molecule has 0 spiro atoms. The Morgan fingerprint density at radius 2 is 1.88 bits per heavy atom. The van der Waals surface area contributed by atoms with Gasteiger partial charge in [0.2, 0.25) is 0 Å². The number of aromatic amines is 1. The number of aromatic nitrogens is 3. The lowest BCUT2D eigenvalue weighted by atomic mass is 10.0. The standard InChI is InChI=1S/C24H19FN4O4S/c25-16-7-8-18-19(14-29(22(18)13-16)34(32,33)17-4-2-1-3-5-17)15-6-9-20-21(12-15)28-23(27-20)10-11-26-24(30)31/h1-9,12-14,26H,10-11H2,(H,27,28)(H,30,31). The van der Waals surface area contributed by atoms with Crippen LogP contribution in [0.25, 0.3) is 33.1 Å². The van der Waals surface area contributed by atoms with E-state index in [4.69, 9.17) is 5.11 Å². The fourth-order valence-electron chi connectivity index (χ4n) is 3.94. The summed E-state index contributed by atoms with van der Waals surface area (Å²) in [5.74, 6) is 0.0855. The predicted molar refractivity (Wildman–Crippen MR) is 126 cm³/mol. The Morgan fingerprint density at radius 1 is 1.09 bits per heavy atom. The van der Waals surface area contributed by atoms with Gasteiger partial charge in [0.1, 0.15) is 11.6 Å². The van der Waals surface area contributed by atoms with E-state index in [1.807, 2.05) is 12.1 Å². The molecule has 3 N–H and O–H groups in total. The van der Waals surface area contributed by atoms with Crippen molar-refractivity contribution in [3.63, 3.8) is 0 Å². The summed E-state index contributed by atoms with van der Waals surface area (Å²) in [5.41, 5.74) is 3.01. The maximum Gasteiger partial charge on any atom is 0.404 e. The minimum Gasteiger partial charge on any atom is -0.465 e. The number of carbonyl (C=O) groups is 1. The Bertz CT molecular complexity index is 1640. The van der Waals surface area contributed by atoms with Crippen LogP contribution in [0.1, 0.15) is 5.82 Å². The molecule has 0 aliphatic heterocycles. The Hall–Kier alpha value is -4.18. The molecule has 2 heterocycles. The normalized spacial score (nSPS) is 11.8. The van der Waals surface area contributed by atoms with Gasteiger partial charge < -0.3 is 15.4 Å². The number of H-pyrrole nitrogens is 1. The third-order valence-corrected chi connectivity index (χ3v) is 7.20. The molecule has 0 aliphatic rings. The predicted octanol–water partition coefficient (Wildman–Crippen LogP) is 4.37. The Kier molecular flexibility index (Phi) is 5.29. The van der Waals surface area contributed by atoms with Gasteiger partial charge in [-0.25, -0.2) is 26.6 Å². The molecule has 0 radical (unpaired) electrons. The molecule has 8 nitrogen and oxygen atoms in total. The first-order chi connectivity index (χ1) is 16.3. The van der Waals surface area contributed by atoms with Gasteiger partial charge in [0.05, 0.1) is 21.4 Å². The number of fused-ring (bicyclic) bond motifs is 2. The maximum atomic E-state index is 14.1. The van der Waals surface area contributed by atoms with Crippen molar-refractivity contribution in [3.05, 3.63) is 84.6 Å². The van der Waals surface area contributed by atoms with Crippen LogP contribution in [-0.4, -0.2) is 40.1 Å². The summed E-state index contributed by atoms with van der Waals surface area (Å²) in [5, 5.41) is 11.6. The fourth-order valence-corrected chi connectivity index (χ4v) is 5.32. The first kappa shape index (κ1) is 21.7. The van der Waals surface area contributed by atoms with E-state index in [-0.39, 0.29) is 17.0 Å². The van der Waals surface area contributed by atoms with Crippen molar-refractivity contribution in [2.75, 3.05) is 6.54 Å². The number of halogens is 1. The Balaban J connectivity index is 1.61. The largest absolute Gasteiger partial charge is 0.465 e. The summed E-state index contributed by atoms with van der Waals surface area (Å²) in [6.07, 6.45) is 0.794. The maximum absolute atomic E-state index is 14.1. The molecule has 0 fully saturated rings. The highest BCUT2D eigenvalue weighted by Crippen LogP contribution is 2.34. The van der Waals surface area contributed by atoms with Crippen LogP contribution in [0, 0.1) is 5.82 Å². The topological polar surface area (TPSA) is 117 Å². The zero-order chi connectivity index (χ0) is 23.9. The first-order valence-corrected chi connectivity index (χ1v) is 11.8. The summed E-state index contributed by atoms with van der Waals surface area (Å²) >= 11 is 0. The lowest BCUT2D eigenvalue weighted by Crippen LogP contribution is -2.23. The molecule has 3 aromatic carbocycles.